The van der Waals surface area contributed by atoms with E-state index in [0.29, 0.717) is 12.4 Å². The van der Waals surface area contributed by atoms with Crippen molar-refractivity contribution in [2.75, 3.05) is 6.61 Å². The maximum absolute atomic E-state index is 11.7. The SMILES string of the molecule is CCCCOC(=O)[C@@H](O)c1ccc(/C=C/c2ccccc2)o1. The van der Waals surface area contributed by atoms with E-state index in [9.17, 15) is 9.90 Å². The highest BCUT2D eigenvalue weighted by Crippen LogP contribution is 2.19. The maximum Gasteiger partial charge on any atom is 0.342 e. The van der Waals surface area contributed by atoms with Gasteiger partial charge in [-0.15, -0.1) is 0 Å². The third kappa shape index (κ3) is 4.60. The van der Waals surface area contributed by atoms with Crippen LogP contribution >= 0.6 is 0 Å². The summed E-state index contributed by atoms with van der Waals surface area (Å²) in [4.78, 5) is 11.7. The summed E-state index contributed by atoms with van der Waals surface area (Å²) in [6.45, 7) is 2.32. The van der Waals surface area contributed by atoms with Crippen molar-refractivity contribution in [2.45, 2.75) is 25.9 Å². The molecule has 1 N–H and O–H groups in total. The van der Waals surface area contributed by atoms with Gasteiger partial charge in [-0.1, -0.05) is 49.8 Å². The van der Waals surface area contributed by atoms with Gasteiger partial charge in [0.05, 0.1) is 6.61 Å². The third-order valence-electron chi connectivity index (χ3n) is 3.12. The molecule has 0 aliphatic rings. The second-order valence-electron chi connectivity index (χ2n) is 4.91. The van der Waals surface area contributed by atoms with E-state index in [4.69, 9.17) is 9.15 Å². The van der Waals surface area contributed by atoms with Crippen molar-refractivity contribution in [3.63, 3.8) is 0 Å². The summed E-state index contributed by atoms with van der Waals surface area (Å²) in [6.07, 6.45) is 4.01. The first-order valence-corrected chi connectivity index (χ1v) is 7.38. The molecule has 0 amide bonds. The number of benzene rings is 1. The molecule has 2 aromatic rings. The Kier molecular flexibility index (Phi) is 5.98. The van der Waals surface area contributed by atoms with Crippen molar-refractivity contribution in [1.29, 1.82) is 0 Å². The second-order valence-corrected chi connectivity index (χ2v) is 4.91. The molecule has 1 aromatic carbocycles. The first-order chi connectivity index (χ1) is 10.7. The summed E-state index contributed by atoms with van der Waals surface area (Å²) in [5.74, 6) is 0.0786. The molecule has 1 aromatic heterocycles. The predicted molar refractivity (Wildman–Crippen MR) is 84.9 cm³/mol. The molecule has 2 rings (SSSR count). The van der Waals surface area contributed by atoms with Gasteiger partial charge in [0.15, 0.2) is 0 Å². The maximum atomic E-state index is 11.7. The number of rotatable bonds is 7. The zero-order chi connectivity index (χ0) is 15.8. The van der Waals surface area contributed by atoms with Crippen LogP contribution in [0.5, 0.6) is 0 Å². The lowest BCUT2D eigenvalue weighted by Crippen LogP contribution is -2.15. The molecular weight excluding hydrogens is 280 g/mol. The van der Waals surface area contributed by atoms with Crippen LogP contribution in [0.15, 0.2) is 46.9 Å². The number of hydrogen-bond donors (Lipinski definition) is 1. The average Bonchev–Trinajstić information content (AvgIpc) is 3.02. The normalized spacial score (nSPS) is 12.5. The topological polar surface area (TPSA) is 59.7 Å². The van der Waals surface area contributed by atoms with Crippen LogP contribution in [0.25, 0.3) is 12.2 Å². The molecule has 0 saturated heterocycles. The highest BCUT2D eigenvalue weighted by molar-refractivity contribution is 5.75. The van der Waals surface area contributed by atoms with Crippen LogP contribution in [0.4, 0.5) is 0 Å². The molecule has 116 valence electrons. The van der Waals surface area contributed by atoms with Gasteiger partial charge in [0.2, 0.25) is 6.10 Å². The minimum absolute atomic E-state index is 0.189. The minimum atomic E-state index is -1.38. The van der Waals surface area contributed by atoms with E-state index in [-0.39, 0.29) is 5.76 Å². The molecule has 1 heterocycles. The summed E-state index contributed by atoms with van der Waals surface area (Å²) >= 11 is 0. The highest BCUT2D eigenvalue weighted by atomic mass is 16.5. The Hall–Kier alpha value is -2.33. The van der Waals surface area contributed by atoms with Gasteiger partial charge < -0.3 is 14.3 Å². The molecule has 4 heteroatoms. The van der Waals surface area contributed by atoms with E-state index in [1.807, 2.05) is 43.3 Å². The van der Waals surface area contributed by atoms with Gasteiger partial charge in [-0.2, -0.15) is 0 Å². The van der Waals surface area contributed by atoms with E-state index in [0.717, 1.165) is 18.4 Å². The van der Waals surface area contributed by atoms with Crippen molar-refractivity contribution in [2.24, 2.45) is 0 Å². The van der Waals surface area contributed by atoms with Crippen molar-refractivity contribution in [3.8, 4) is 0 Å². The number of esters is 1. The quantitative estimate of drug-likeness (QED) is 0.623. The monoisotopic (exact) mass is 300 g/mol. The summed E-state index contributed by atoms with van der Waals surface area (Å²) in [6, 6.07) is 13.1. The molecule has 0 fully saturated rings. The van der Waals surface area contributed by atoms with Gasteiger partial charge in [0.1, 0.15) is 11.5 Å². The first-order valence-electron chi connectivity index (χ1n) is 7.38. The Morgan fingerprint density at radius 3 is 2.73 bits per heavy atom. The van der Waals surface area contributed by atoms with E-state index in [2.05, 4.69) is 0 Å². The van der Waals surface area contributed by atoms with Gasteiger partial charge in [0.25, 0.3) is 0 Å². The molecule has 0 aliphatic carbocycles. The standard InChI is InChI=1S/C18H20O4/c1-2-3-13-21-18(20)17(19)16-12-11-15(22-16)10-9-14-7-5-4-6-8-14/h4-12,17,19H,2-3,13H2,1H3/b10-9+/t17-/m0/s1. The summed E-state index contributed by atoms with van der Waals surface area (Å²) in [5, 5.41) is 9.89. The second kappa shape index (κ2) is 8.20. The van der Waals surface area contributed by atoms with Crippen LogP contribution in [0, 0.1) is 0 Å². The van der Waals surface area contributed by atoms with E-state index in [1.165, 1.54) is 0 Å². The van der Waals surface area contributed by atoms with Gasteiger partial charge in [-0.05, 0) is 30.2 Å². The fraction of sp³-hybridized carbons (Fsp3) is 0.278. The zero-order valence-corrected chi connectivity index (χ0v) is 12.6. The van der Waals surface area contributed by atoms with Crippen molar-refractivity contribution in [3.05, 3.63) is 59.5 Å². The fourth-order valence-corrected chi connectivity index (χ4v) is 1.86. The number of carbonyl (C=O) groups is 1. The predicted octanol–water partition coefficient (Wildman–Crippen LogP) is 3.83. The summed E-state index contributed by atoms with van der Waals surface area (Å²) in [5.41, 5.74) is 1.04. The molecule has 22 heavy (non-hydrogen) atoms. The minimum Gasteiger partial charge on any atom is -0.463 e. The van der Waals surface area contributed by atoms with Gasteiger partial charge in [0, 0.05) is 0 Å². The van der Waals surface area contributed by atoms with Crippen LogP contribution < -0.4 is 0 Å². The van der Waals surface area contributed by atoms with Crippen molar-refractivity contribution < 1.29 is 19.1 Å². The van der Waals surface area contributed by atoms with Gasteiger partial charge in [-0.3, -0.25) is 0 Å². The Morgan fingerprint density at radius 1 is 1.23 bits per heavy atom. The third-order valence-corrected chi connectivity index (χ3v) is 3.12. The number of unbranched alkanes of at least 4 members (excludes halogenated alkanes) is 1. The van der Waals surface area contributed by atoms with E-state index >= 15 is 0 Å². The summed E-state index contributed by atoms with van der Waals surface area (Å²) < 4.78 is 10.4. The number of hydrogen-bond acceptors (Lipinski definition) is 4. The van der Waals surface area contributed by atoms with Crippen LogP contribution in [-0.2, 0) is 9.53 Å². The number of aliphatic hydroxyl groups excluding tert-OH is 1. The van der Waals surface area contributed by atoms with E-state index < -0.39 is 12.1 Å². The molecule has 0 unspecified atom stereocenters. The van der Waals surface area contributed by atoms with Crippen LogP contribution in [0.3, 0.4) is 0 Å². The van der Waals surface area contributed by atoms with Crippen molar-refractivity contribution >= 4 is 18.1 Å². The molecule has 0 bridgehead atoms. The first kappa shape index (κ1) is 16.0. The lowest BCUT2D eigenvalue weighted by Gasteiger charge is -2.07. The van der Waals surface area contributed by atoms with Crippen LogP contribution in [-0.4, -0.2) is 17.7 Å². The molecule has 0 radical (unpaired) electrons. The van der Waals surface area contributed by atoms with Crippen LogP contribution in [0.2, 0.25) is 0 Å². The van der Waals surface area contributed by atoms with E-state index in [1.54, 1.807) is 18.2 Å². The zero-order valence-electron chi connectivity index (χ0n) is 12.6. The van der Waals surface area contributed by atoms with Gasteiger partial charge in [-0.25, -0.2) is 4.79 Å². The lowest BCUT2D eigenvalue weighted by atomic mass is 10.2. The molecule has 4 nitrogen and oxygen atoms in total. The molecule has 0 aliphatic heterocycles. The van der Waals surface area contributed by atoms with Crippen molar-refractivity contribution in [1.82, 2.24) is 0 Å². The lowest BCUT2D eigenvalue weighted by molar-refractivity contribution is -0.155. The smallest absolute Gasteiger partial charge is 0.342 e. The Morgan fingerprint density at radius 2 is 2.00 bits per heavy atom. The highest BCUT2D eigenvalue weighted by Gasteiger charge is 2.22. The Bertz CT molecular complexity index is 613. The average molecular weight is 300 g/mol. The largest absolute Gasteiger partial charge is 0.463 e. The summed E-state index contributed by atoms with van der Waals surface area (Å²) in [7, 11) is 0. The molecule has 0 saturated carbocycles. The molecular formula is C18H20O4. The number of carbonyl (C=O) groups excluding carboxylic acids is 1. The Balaban J connectivity index is 1.95. The van der Waals surface area contributed by atoms with Crippen LogP contribution in [0.1, 0.15) is 43.0 Å². The number of furan rings is 1. The molecule has 0 spiro atoms. The van der Waals surface area contributed by atoms with Gasteiger partial charge >= 0.3 is 5.97 Å². The number of aliphatic hydroxyl groups is 1. The molecule has 1 atom stereocenters. The Labute approximate surface area is 130 Å². The fourth-order valence-electron chi connectivity index (χ4n) is 1.86. The number of ether oxygens (including phenoxy) is 1.